The van der Waals surface area contributed by atoms with Crippen molar-refractivity contribution in [3.8, 4) is 5.75 Å². The highest BCUT2D eigenvalue weighted by molar-refractivity contribution is 6.06. The molecule has 0 aromatic heterocycles. The summed E-state index contributed by atoms with van der Waals surface area (Å²) in [4.78, 5) is 52.4. The summed E-state index contributed by atoms with van der Waals surface area (Å²) in [5.74, 6) is -0.470. The van der Waals surface area contributed by atoms with Gasteiger partial charge in [0, 0.05) is 29.7 Å². The van der Waals surface area contributed by atoms with Crippen LogP contribution in [-0.4, -0.2) is 52.4 Å². The number of carbonyl (C=O) groups is 4. The van der Waals surface area contributed by atoms with E-state index in [4.69, 9.17) is 9.47 Å². The van der Waals surface area contributed by atoms with E-state index in [1.165, 1.54) is 12.0 Å². The van der Waals surface area contributed by atoms with Crippen LogP contribution < -0.4 is 10.1 Å². The summed E-state index contributed by atoms with van der Waals surface area (Å²) < 4.78 is 11.1. The van der Waals surface area contributed by atoms with Gasteiger partial charge in [-0.15, -0.1) is 0 Å². The smallest absolute Gasteiger partial charge is 0.410 e. The number of benzene rings is 1. The normalized spacial score (nSPS) is 20.8. The molecular formula is C21H25N3O6. The van der Waals surface area contributed by atoms with Gasteiger partial charge in [-0.25, -0.2) is 4.79 Å². The predicted octanol–water partition coefficient (Wildman–Crippen LogP) is 1.71. The van der Waals surface area contributed by atoms with Gasteiger partial charge in [0.1, 0.15) is 17.4 Å². The number of carbonyl (C=O) groups excluding carboxylic acids is 4. The van der Waals surface area contributed by atoms with Gasteiger partial charge in [-0.1, -0.05) is 0 Å². The van der Waals surface area contributed by atoms with Crippen LogP contribution in [0.25, 0.3) is 0 Å². The molecule has 0 radical (unpaired) electrons. The fourth-order valence-electron chi connectivity index (χ4n) is 4.24. The molecular weight excluding hydrogens is 390 g/mol. The van der Waals surface area contributed by atoms with Gasteiger partial charge in [-0.05, 0) is 38.8 Å². The Morgan fingerprint density at radius 1 is 1.13 bits per heavy atom. The predicted molar refractivity (Wildman–Crippen MR) is 105 cm³/mol. The van der Waals surface area contributed by atoms with E-state index in [1.54, 1.807) is 11.0 Å². The standard InChI is InChI=1S/C21H25N3O6/c1-21(2,3)30-20(28)23-8-11-7-12-14(17(29-4)13(11)9-23)10-24(19(12)27)15-5-6-16(25)22-18(15)26/h7,15H,5-6,8-10H2,1-4H3,(H,22,25,26). The first-order valence-corrected chi connectivity index (χ1v) is 9.93. The molecule has 3 aliphatic heterocycles. The summed E-state index contributed by atoms with van der Waals surface area (Å²) in [6.45, 7) is 6.30. The van der Waals surface area contributed by atoms with Crippen LogP contribution in [-0.2, 0) is 34.0 Å². The number of rotatable bonds is 2. The molecule has 1 saturated heterocycles. The fourth-order valence-corrected chi connectivity index (χ4v) is 4.24. The fraction of sp³-hybridized carbons (Fsp3) is 0.524. The average molecular weight is 415 g/mol. The summed E-state index contributed by atoms with van der Waals surface area (Å²) in [5.41, 5.74) is 2.25. The second-order valence-electron chi connectivity index (χ2n) is 8.81. The summed E-state index contributed by atoms with van der Waals surface area (Å²) in [6.07, 6.45) is 0.0887. The quantitative estimate of drug-likeness (QED) is 0.738. The first-order chi connectivity index (χ1) is 14.1. The lowest BCUT2D eigenvalue weighted by Gasteiger charge is -2.29. The number of nitrogens with one attached hydrogen (secondary N) is 1. The second-order valence-corrected chi connectivity index (χ2v) is 8.81. The van der Waals surface area contributed by atoms with Crippen LogP contribution in [0.4, 0.5) is 4.79 Å². The minimum absolute atomic E-state index is 0.203. The number of piperidine rings is 1. The van der Waals surface area contributed by atoms with Crippen molar-refractivity contribution in [2.24, 2.45) is 0 Å². The van der Waals surface area contributed by atoms with E-state index in [0.29, 0.717) is 36.4 Å². The first-order valence-electron chi connectivity index (χ1n) is 9.93. The van der Waals surface area contributed by atoms with Gasteiger partial charge in [-0.3, -0.25) is 24.6 Å². The van der Waals surface area contributed by atoms with Crippen molar-refractivity contribution in [3.05, 3.63) is 28.3 Å². The molecule has 1 atom stereocenters. The van der Waals surface area contributed by atoms with Crippen LogP contribution in [0.3, 0.4) is 0 Å². The van der Waals surface area contributed by atoms with Gasteiger partial charge in [-0.2, -0.15) is 0 Å². The molecule has 0 saturated carbocycles. The van der Waals surface area contributed by atoms with Crippen molar-refractivity contribution in [2.75, 3.05) is 7.11 Å². The zero-order valence-corrected chi connectivity index (χ0v) is 17.5. The monoisotopic (exact) mass is 415 g/mol. The molecule has 3 aliphatic rings. The van der Waals surface area contributed by atoms with Crippen LogP contribution in [0, 0.1) is 0 Å². The molecule has 1 aromatic rings. The maximum absolute atomic E-state index is 13.1. The third-order valence-electron chi connectivity index (χ3n) is 5.55. The van der Waals surface area contributed by atoms with Crippen molar-refractivity contribution < 1.29 is 28.7 Å². The Balaban J connectivity index is 1.61. The molecule has 9 heteroatoms. The Bertz CT molecular complexity index is 964. The van der Waals surface area contributed by atoms with Gasteiger partial charge < -0.3 is 14.4 Å². The maximum atomic E-state index is 13.1. The minimum atomic E-state index is -0.680. The Morgan fingerprint density at radius 3 is 2.50 bits per heavy atom. The highest BCUT2D eigenvalue weighted by Gasteiger charge is 2.42. The molecule has 1 unspecified atom stereocenters. The molecule has 1 aromatic carbocycles. The summed E-state index contributed by atoms with van der Waals surface area (Å²) in [5, 5.41) is 2.30. The number of methoxy groups -OCH3 is 1. The van der Waals surface area contributed by atoms with Crippen molar-refractivity contribution in [1.82, 2.24) is 15.1 Å². The van der Waals surface area contributed by atoms with Crippen LogP contribution >= 0.6 is 0 Å². The number of hydrogen-bond donors (Lipinski definition) is 1. The lowest BCUT2D eigenvalue weighted by atomic mass is 10.00. The lowest BCUT2D eigenvalue weighted by molar-refractivity contribution is -0.136. The number of amides is 4. The van der Waals surface area contributed by atoms with Crippen LogP contribution in [0.2, 0.25) is 0 Å². The van der Waals surface area contributed by atoms with E-state index < -0.39 is 23.6 Å². The van der Waals surface area contributed by atoms with Gasteiger partial charge in [0.2, 0.25) is 11.8 Å². The van der Waals surface area contributed by atoms with E-state index in [0.717, 1.165) is 11.1 Å². The highest BCUT2D eigenvalue weighted by Crippen LogP contribution is 2.41. The van der Waals surface area contributed by atoms with Crippen molar-refractivity contribution in [1.29, 1.82) is 0 Å². The molecule has 9 nitrogen and oxygen atoms in total. The first kappa shape index (κ1) is 20.2. The topological polar surface area (TPSA) is 105 Å². The van der Waals surface area contributed by atoms with Crippen LogP contribution in [0.5, 0.6) is 5.75 Å². The highest BCUT2D eigenvalue weighted by atomic mass is 16.6. The lowest BCUT2D eigenvalue weighted by Crippen LogP contribution is -2.52. The molecule has 3 heterocycles. The minimum Gasteiger partial charge on any atom is -0.496 e. The molecule has 0 bridgehead atoms. The Morgan fingerprint density at radius 2 is 1.87 bits per heavy atom. The zero-order valence-electron chi connectivity index (χ0n) is 17.5. The Kier molecular flexibility index (Phi) is 4.71. The molecule has 1 fully saturated rings. The van der Waals surface area contributed by atoms with Crippen molar-refractivity contribution in [3.63, 3.8) is 0 Å². The average Bonchev–Trinajstić information content (AvgIpc) is 3.20. The van der Waals surface area contributed by atoms with Gasteiger partial charge in [0.25, 0.3) is 5.91 Å². The van der Waals surface area contributed by atoms with Gasteiger partial charge in [0.05, 0.1) is 20.2 Å². The maximum Gasteiger partial charge on any atom is 0.410 e. The SMILES string of the molecule is COc1c2c(cc3c1CN(C1CCC(=O)NC1=O)C3=O)CN(C(=O)OC(C)(C)C)C2. The number of fused-ring (bicyclic) bond motifs is 2. The Hall–Kier alpha value is -3.10. The number of hydrogen-bond acceptors (Lipinski definition) is 6. The molecule has 4 amide bonds. The largest absolute Gasteiger partial charge is 0.496 e. The van der Waals surface area contributed by atoms with E-state index in [-0.39, 0.29) is 24.8 Å². The third kappa shape index (κ3) is 3.38. The van der Waals surface area contributed by atoms with Crippen molar-refractivity contribution >= 4 is 23.8 Å². The molecule has 0 spiro atoms. The molecule has 30 heavy (non-hydrogen) atoms. The third-order valence-corrected chi connectivity index (χ3v) is 5.55. The van der Waals surface area contributed by atoms with Crippen molar-refractivity contribution in [2.45, 2.75) is 64.9 Å². The van der Waals surface area contributed by atoms with E-state index in [2.05, 4.69) is 5.32 Å². The molecule has 160 valence electrons. The summed E-state index contributed by atoms with van der Waals surface area (Å²) >= 11 is 0. The van der Waals surface area contributed by atoms with Crippen LogP contribution in [0.15, 0.2) is 6.07 Å². The van der Waals surface area contributed by atoms with Crippen LogP contribution in [0.1, 0.15) is 60.7 Å². The summed E-state index contributed by atoms with van der Waals surface area (Å²) in [7, 11) is 1.53. The zero-order chi connectivity index (χ0) is 21.8. The van der Waals surface area contributed by atoms with Gasteiger partial charge in [0.15, 0.2) is 0 Å². The van der Waals surface area contributed by atoms with Gasteiger partial charge >= 0.3 is 6.09 Å². The molecule has 0 aliphatic carbocycles. The van der Waals surface area contributed by atoms with E-state index in [1.807, 2.05) is 20.8 Å². The summed E-state index contributed by atoms with van der Waals surface area (Å²) in [6, 6.07) is 1.10. The van der Waals surface area contributed by atoms with E-state index >= 15 is 0 Å². The second kappa shape index (κ2) is 7.00. The number of ether oxygens (including phenoxy) is 2. The molecule has 4 rings (SSSR count). The molecule has 1 N–H and O–H groups in total. The van der Waals surface area contributed by atoms with E-state index in [9.17, 15) is 19.2 Å². The number of imide groups is 1. The Labute approximate surface area is 174 Å². The number of nitrogens with zero attached hydrogens (tertiary/aromatic N) is 2.